The van der Waals surface area contributed by atoms with Crippen molar-refractivity contribution in [3.05, 3.63) is 48.1 Å². The maximum Gasteiger partial charge on any atom is -0.00942 e. The highest BCUT2D eigenvalue weighted by Gasteiger charge is 2.28. The van der Waals surface area contributed by atoms with E-state index in [2.05, 4.69) is 52.2 Å². The van der Waals surface area contributed by atoms with E-state index in [1.807, 2.05) is 0 Å². The summed E-state index contributed by atoms with van der Waals surface area (Å²) in [4.78, 5) is 0. The quantitative estimate of drug-likeness (QED) is 0.445. The smallest absolute Gasteiger partial charge is 0.00942 e. The highest BCUT2D eigenvalue weighted by atomic mass is 14.3. The summed E-state index contributed by atoms with van der Waals surface area (Å²) in [6, 6.07) is 0. The Balaban J connectivity index is 2.94. The van der Waals surface area contributed by atoms with Crippen LogP contribution in [0.2, 0.25) is 0 Å². The lowest BCUT2D eigenvalue weighted by atomic mass is 9.70. The molecule has 2 atom stereocenters. The standard InChI is InChI=1S/C17H26/c1-6-9-15-11-10-14(7-2)12-17(15)16(8-3)13(4)5/h6-8,15,17H,1,4,9-12H2,2-3,5H3. The van der Waals surface area contributed by atoms with Crippen LogP contribution >= 0.6 is 0 Å². The molecule has 17 heavy (non-hydrogen) atoms. The molecule has 0 heterocycles. The Bertz CT molecular complexity index is 341. The van der Waals surface area contributed by atoms with Gasteiger partial charge in [-0.05, 0) is 63.9 Å². The predicted molar refractivity (Wildman–Crippen MR) is 78.0 cm³/mol. The Morgan fingerprint density at radius 2 is 2.12 bits per heavy atom. The maximum absolute atomic E-state index is 4.13. The molecule has 94 valence electrons. The first-order valence-corrected chi connectivity index (χ1v) is 6.71. The second-order valence-electron chi connectivity index (χ2n) is 5.11. The Kier molecular flexibility index (Phi) is 5.47. The highest BCUT2D eigenvalue weighted by molar-refractivity contribution is 5.31. The fourth-order valence-corrected chi connectivity index (χ4v) is 3.02. The molecule has 1 saturated carbocycles. The SMILES string of the molecule is C=CCC1CCC(=CC)CC1C(=CC)C(=C)C. The van der Waals surface area contributed by atoms with Gasteiger partial charge in [-0.3, -0.25) is 0 Å². The van der Waals surface area contributed by atoms with Gasteiger partial charge in [-0.25, -0.2) is 0 Å². The molecule has 0 amide bonds. The zero-order chi connectivity index (χ0) is 12.8. The van der Waals surface area contributed by atoms with Crippen LogP contribution in [0.1, 0.15) is 46.5 Å². The van der Waals surface area contributed by atoms with E-state index in [0.29, 0.717) is 5.92 Å². The van der Waals surface area contributed by atoms with E-state index in [4.69, 9.17) is 0 Å². The van der Waals surface area contributed by atoms with Crippen molar-refractivity contribution in [3.8, 4) is 0 Å². The minimum atomic E-state index is 0.649. The van der Waals surface area contributed by atoms with Gasteiger partial charge in [0.25, 0.3) is 0 Å². The molecule has 0 saturated heterocycles. The van der Waals surface area contributed by atoms with Crippen LogP contribution in [0.3, 0.4) is 0 Å². The first kappa shape index (κ1) is 14.0. The second-order valence-corrected chi connectivity index (χ2v) is 5.11. The summed E-state index contributed by atoms with van der Waals surface area (Å²) in [5.74, 6) is 1.40. The number of hydrogen-bond acceptors (Lipinski definition) is 0. The van der Waals surface area contributed by atoms with E-state index < -0.39 is 0 Å². The highest BCUT2D eigenvalue weighted by Crippen LogP contribution is 2.41. The Hall–Kier alpha value is -1.04. The van der Waals surface area contributed by atoms with E-state index in [-0.39, 0.29) is 0 Å². The summed E-state index contributed by atoms with van der Waals surface area (Å²) < 4.78 is 0. The molecular formula is C17H26. The van der Waals surface area contributed by atoms with Gasteiger partial charge in [0, 0.05) is 0 Å². The van der Waals surface area contributed by atoms with Gasteiger partial charge in [-0.1, -0.05) is 36.0 Å². The number of allylic oxidation sites excluding steroid dienone is 6. The number of hydrogen-bond donors (Lipinski definition) is 0. The van der Waals surface area contributed by atoms with E-state index in [1.165, 1.54) is 30.4 Å². The van der Waals surface area contributed by atoms with Gasteiger partial charge in [-0.15, -0.1) is 6.58 Å². The molecule has 0 heteroatoms. The molecule has 1 aliphatic rings. The van der Waals surface area contributed by atoms with Crippen molar-refractivity contribution < 1.29 is 0 Å². The zero-order valence-corrected chi connectivity index (χ0v) is 11.6. The average molecular weight is 230 g/mol. The molecule has 0 aromatic rings. The van der Waals surface area contributed by atoms with Crippen molar-refractivity contribution >= 4 is 0 Å². The van der Waals surface area contributed by atoms with E-state index in [1.54, 1.807) is 5.57 Å². The van der Waals surface area contributed by atoms with Crippen LogP contribution in [0.4, 0.5) is 0 Å². The van der Waals surface area contributed by atoms with Gasteiger partial charge in [-0.2, -0.15) is 0 Å². The molecule has 0 radical (unpaired) electrons. The summed E-state index contributed by atoms with van der Waals surface area (Å²) in [7, 11) is 0. The van der Waals surface area contributed by atoms with Crippen LogP contribution in [-0.4, -0.2) is 0 Å². The van der Waals surface area contributed by atoms with Crippen LogP contribution in [0.15, 0.2) is 48.1 Å². The van der Waals surface area contributed by atoms with Crippen molar-refractivity contribution in [2.75, 3.05) is 0 Å². The second kappa shape index (κ2) is 6.64. The monoisotopic (exact) mass is 230 g/mol. The average Bonchev–Trinajstić information content (AvgIpc) is 2.31. The van der Waals surface area contributed by atoms with Gasteiger partial charge >= 0.3 is 0 Å². The molecule has 0 aliphatic heterocycles. The predicted octanol–water partition coefficient (Wildman–Crippen LogP) is 5.45. The summed E-state index contributed by atoms with van der Waals surface area (Å²) in [6.07, 6.45) is 11.5. The molecule has 0 spiro atoms. The summed E-state index contributed by atoms with van der Waals surface area (Å²) in [6.45, 7) is 14.5. The van der Waals surface area contributed by atoms with Crippen molar-refractivity contribution in [2.45, 2.75) is 46.5 Å². The summed E-state index contributed by atoms with van der Waals surface area (Å²) in [5, 5.41) is 0. The van der Waals surface area contributed by atoms with Crippen LogP contribution < -0.4 is 0 Å². The third-order valence-corrected chi connectivity index (χ3v) is 3.97. The lowest BCUT2D eigenvalue weighted by Gasteiger charge is -2.34. The Morgan fingerprint density at radius 1 is 1.41 bits per heavy atom. The van der Waals surface area contributed by atoms with Gasteiger partial charge in [0.15, 0.2) is 0 Å². The fraction of sp³-hybridized carbons (Fsp3) is 0.529. The lowest BCUT2D eigenvalue weighted by molar-refractivity contribution is 0.319. The molecule has 1 fully saturated rings. The molecule has 2 unspecified atom stereocenters. The topological polar surface area (TPSA) is 0 Å². The number of rotatable bonds is 4. The minimum absolute atomic E-state index is 0.649. The summed E-state index contributed by atoms with van der Waals surface area (Å²) in [5.41, 5.74) is 4.29. The molecule has 0 aromatic carbocycles. The minimum Gasteiger partial charge on any atom is -0.103 e. The van der Waals surface area contributed by atoms with Gasteiger partial charge in [0.2, 0.25) is 0 Å². The van der Waals surface area contributed by atoms with Crippen molar-refractivity contribution in [3.63, 3.8) is 0 Å². The van der Waals surface area contributed by atoms with Crippen LogP contribution in [0, 0.1) is 11.8 Å². The molecule has 0 nitrogen and oxygen atoms in total. The Labute approximate surface area is 107 Å². The maximum atomic E-state index is 4.13. The molecule has 0 aromatic heterocycles. The largest absolute Gasteiger partial charge is 0.103 e. The van der Waals surface area contributed by atoms with Crippen LogP contribution in [0.5, 0.6) is 0 Å². The normalized spacial score (nSPS) is 28.2. The molecule has 1 rings (SSSR count). The molecular weight excluding hydrogens is 204 g/mol. The van der Waals surface area contributed by atoms with E-state index in [9.17, 15) is 0 Å². The fourth-order valence-electron chi connectivity index (χ4n) is 3.02. The van der Waals surface area contributed by atoms with E-state index in [0.717, 1.165) is 12.3 Å². The van der Waals surface area contributed by atoms with Crippen molar-refractivity contribution in [2.24, 2.45) is 11.8 Å². The first-order valence-electron chi connectivity index (χ1n) is 6.71. The third-order valence-electron chi connectivity index (χ3n) is 3.97. The van der Waals surface area contributed by atoms with Gasteiger partial charge in [0.1, 0.15) is 0 Å². The lowest BCUT2D eigenvalue weighted by Crippen LogP contribution is -2.22. The Morgan fingerprint density at radius 3 is 2.59 bits per heavy atom. The first-order chi connectivity index (χ1) is 8.13. The van der Waals surface area contributed by atoms with Crippen molar-refractivity contribution in [1.82, 2.24) is 0 Å². The van der Waals surface area contributed by atoms with Gasteiger partial charge < -0.3 is 0 Å². The molecule has 1 aliphatic carbocycles. The molecule has 0 N–H and O–H groups in total. The van der Waals surface area contributed by atoms with Gasteiger partial charge in [0.05, 0.1) is 0 Å². The molecule has 0 bridgehead atoms. The van der Waals surface area contributed by atoms with Crippen LogP contribution in [0.25, 0.3) is 0 Å². The summed E-state index contributed by atoms with van der Waals surface area (Å²) >= 11 is 0. The van der Waals surface area contributed by atoms with Crippen molar-refractivity contribution in [1.29, 1.82) is 0 Å². The third kappa shape index (κ3) is 3.46. The van der Waals surface area contributed by atoms with E-state index >= 15 is 0 Å². The zero-order valence-electron chi connectivity index (χ0n) is 11.6. The van der Waals surface area contributed by atoms with Crippen LogP contribution in [-0.2, 0) is 0 Å².